The van der Waals surface area contributed by atoms with Gasteiger partial charge in [-0.1, -0.05) is 48.5 Å². The van der Waals surface area contributed by atoms with Crippen LogP contribution in [-0.2, 0) is 4.79 Å². The number of thiocarbonyl (C=S) groups is 1. The monoisotopic (exact) mass is 416 g/mol. The Labute approximate surface area is 177 Å². The number of hydrogen-bond donors (Lipinski definition) is 4. The third-order valence-electron chi connectivity index (χ3n) is 4.15. The van der Waals surface area contributed by atoms with E-state index in [4.69, 9.17) is 23.4 Å². The molecule has 148 valence electrons. The van der Waals surface area contributed by atoms with E-state index in [0.717, 1.165) is 10.6 Å². The maximum atomic E-state index is 12.6. The molecule has 1 aliphatic heterocycles. The highest BCUT2D eigenvalue weighted by Gasteiger charge is 2.34. The molecule has 5 N–H and O–H groups in total. The molecule has 0 atom stereocenters. The van der Waals surface area contributed by atoms with E-state index < -0.39 is 11.8 Å². The first-order valence-corrected chi connectivity index (χ1v) is 9.10. The van der Waals surface area contributed by atoms with Crippen LogP contribution in [0, 0.1) is 16.7 Å². The first-order chi connectivity index (χ1) is 14.4. The van der Waals surface area contributed by atoms with Crippen LogP contribution in [0.3, 0.4) is 0 Å². The van der Waals surface area contributed by atoms with E-state index in [1.807, 2.05) is 6.07 Å². The Morgan fingerprint density at radius 3 is 2.33 bits per heavy atom. The molecule has 0 fully saturated rings. The van der Waals surface area contributed by atoms with Crippen molar-refractivity contribution in [2.24, 2.45) is 5.73 Å². The predicted octanol–water partition coefficient (Wildman–Crippen LogP) is 1.85. The largest absolute Gasteiger partial charge is 0.397 e. The zero-order chi connectivity index (χ0) is 21.7. The van der Waals surface area contributed by atoms with Gasteiger partial charge in [-0.15, -0.1) is 0 Å². The van der Waals surface area contributed by atoms with Gasteiger partial charge in [0.15, 0.2) is 10.9 Å². The van der Waals surface area contributed by atoms with Crippen LogP contribution in [0.2, 0.25) is 0 Å². The average Bonchev–Trinajstić information content (AvgIpc) is 2.76. The Morgan fingerprint density at radius 2 is 1.73 bits per heavy atom. The highest BCUT2D eigenvalue weighted by molar-refractivity contribution is 7.80. The fourth-order valence-corrected chi connectivity index (χ4v) is 2.87. The summed E-state index contributed by atoms with van der Waals surface area (Å²) in [5.41, 5.74) is 9.31. The van der Waals surface area contributed by atoms with Crippen molar-refractivity contribution in [3.8, 4) is 6.07 Å². The second kappa shape index (κ2) is 8.81. The lowest BCUT2D eigenvalue weighted by molar-refractivity contribution is -0.124. The summed E-state index contributed by atoms with van der Waals surface area (Å²) in [5, 5.41) is 20.8. The van der Waals surface area contributed by atoms with Crippen LogP contribution in [0.15, 0.2) is 77.5 Å². The van der Waals surface area contributed by atoms with Crippen molar-refractivity contribution in [1.82, 2.24) is 15.8 Å². The molecule has 0 aliphatic carbocycles. The molecule has 1 heterocycles. The van der Waals surface area contributed by atoms with Gasteiger partial charge in [0.2, 0.25) is 0 Å². The molecule has 0 bridgehead atoms. The number of nitriles is 1. The molecule has 8 nitrogen and oxygen atoms in total. The minimum Gasteiger partial charge on any atom is -0.397 e. The number of benzene rings is 2. The van der Waals surface area contributed by atoms with Crippen LogP contribution in [0.25, 0.3) is 6.08 Å². The van der Waals surface area contributed by atoms with Crippen LogP contribution in [0.4, 0.5) is 0 Å². The molecule has 0 radical (unpaired) electrons. The van der Waals surface area contributed by atoms with Gasteiger partial charge in [0.1, 0.15) is 11.6 Å². The van der Waals surface area contributed by atoms with Crippen LogP contribution in [-0.4, -0.2) is 27.8 Å². The first kappa shape index (κ1) is 20.4. The zero-order valence-corrected chi connectivity index (χ0v) is 16.4. The van der Waals surface area contributed by atoms with Crippen LogP contribution in [0.1, 0.15) is 15.9 Å². The molecule has 0 unspecified atom stereocenters. The summed E-state index contributed by atoms with van der Waals surface area (Å²) in [7, 11) is 0. The van der Waals surface area contributed by atoms with Gasteiger partial charge in [-0.3, -0.25) is 25.7 Å². The number of hydrazine groups is 1. The Morgan fingerprint density at radius 1 is 1.13 bits per heavy atom. The average molecular weight is 416 g/mol. The normalized spacial score (nSPS) is 15.0. The Kier molecular flexibility index (Phi) is 6.00. The molecular weight excluding hydrogens is 400 g/mol. The second-order valence-electron chi connectivity index (χ2n) is 6.12. The summed E-state index contributed by atoms with van der Waals surface area (Å²) >= 11 is 5.11. The third-order valence-corrected chi connectivity index (χ3v) is 4.35. The van der Waals surface area contributed by atoms with E-state index in [1.54, 1.807) is 66.7 Å². The van der Waals surface area contributed by atoms with Gasteiger partial charge < -0.3 is 5.73 Å². The minimum atomic E-state index is -0.846. The maximum absolute atomic E-state index is 12.6. The molecule has 30 heavy (non-hydrogen) atoms. The fraction of sp³-hybridized carbons (Fsp3) is 0. The fourth-order valence-electron chi connectivity index (χ4n) is 2.68. The first-order valence-electron chi connectivity index (χ1n) is 8.69. The number of nitrogens with zero attached hydrogens (tertiary/aromatic N) is 2. The van der Waals surface area contributed by atoms with Crippen molar-refractivity contribution >= 4 is 41.1 Å². The van der Waals surface area contributed by atoms with Crippen molar-refractivity contribution in [1.29, 1.82) is 10.7 Å². The molecule has 0 spiro atoms. The van der Waals surface area contributed by atoms with Gasteiger partial charge in [-0.2, -0.15) is 10.3 Å². The standard InChI is InChI=1S/C21H16N6O2S/c22-12-16-17(23)15(11-13-7-3-1-4-8-13)18(24)27(20(16)29)26-21(30)25-19(28)14-9-5-2-6-10-14/h1-11,24H,23H2,(H2,25,26,28,30). The van der Waals surface area contributed by atoms with Crippen LogP contribution >= 0.6 is 12.2 Å². The quantitative estimate of drug-likeness (QED) is 0.564. The SMILES string of the molecule is N#CC1=C(N)C(=Cc2ccccc2)C(=N)N(NC(=S)NC(=O)c2ccccc2)C1=O. The lowest BCUT2D eigenvalue weighted by Gasteiger charge is -2.30. The number of nitrogens with one attached hydrogen (secondary N) is 3. The van der Waals surface area contributed by atoms with Crippen LogP contribution < -0.4 is 16.5 Å². The van der Waals surface area contributed by atoms with Gasteiger partial charge in [0, 0.05) is 11.1 Å². The Bertz CT molecular complexity index is 1130. The number of hydrogen-bond acceptors (Lipinski definition) is 6. The van der Waals surface area contributed by atoms with Crippen molar-refractivity contribution in [3.63, 3.8) is 0 Å². The highest BCUT2D eigenvalue weighted by atomic mass is 32.1. The van der Waals surface area contributed by atoms with E-state index in [1.165, 1.54) is 0 Å². The van der Waals surface area contributed by atoms with Gasteiger partial charge >= 0.3 is 0 Å². The summed E-state index contributed by atoms with van der Waals surface area (Å²) in [4.78, 5) is 24.9. The molecule has 9 heteroatoms. The molecule has 0 saturated heterocycles. The Balaban J connectivity index is 1.86. The van der Waals surface area contributed by atoms with Crippen molar-refractivity contribution in [3.05, 3.63) is 88.6 Å². The molecule has 2 aromatic rings. The third kappa shape index (κ3) is 4.24. The molecular formula is C21H16N6O2S. The number of carbonyl (C=O) groups is 2. The van der Waals surface area contributed by atoms with Gasteiger partial charge in [0.05, 0.1) is 5.70 Å². The summed E-state index contributed by atoms with van der Waals surface area (Å²) < 4.78 is 0. The number of amidine groups is 1. The molecule has 0 aromatic heterocycles. The number of carbonyl (C=O) groups excluding carboxylic acids is 2. The summed E-state index contributed by atoms with van der Waals surface area (Å²) in [6.45, 7) is 0. The number of amides is 2. The van der Waals surface area contributed by atoms with E-state index in [2.05, 4.69) is 10.7 Å². The predicted molar refractivity (Wildman–Crippen MR) is 115 cm³/mol. The highest BCUT2D eigenvalue weighted by Crippen LogP contribution is 2.23. The van der Waals surface area contributed by atoms with E-state index >= 15 is 0 Å². The lowest BCUT2D eigenvalue weighted by atomic mass is 9.99. The summed E-state index contributed by atoms with van der Waals surface area (Å²) in [6.07, 6.45) is 1.59. The minimum absolute atomic E-state index is 0.103. The van der Waals surface area contributed by atoms with Gasteiger partial charge in [0.25, 0.3) is 11.8 Å². The molecule has 2 amide bonds. The molecule has 3 rings (SSSR count). The van der Waals surface area contributed by atoms with E-state index in [9.17, 15) is 14.9 Å². The van der Waals surface area contributed by atoms with Gasteiger partial charge in [-0.05, 0) is 36.0 Å². The summed E-state index contributed by atoms with van der Waals surface area (Å²) in [5.74, 6) is -1.64. The second-order valence-corrected chi connectivity index (χ2v) is 6.53. The number of nitrogens with two attached hydrogens (primary N) is 1. The van der Waals surface area contributed by atoms with Crippen molar-refractivity contribution < 1.29 is 9.59 Å². The zero-order valence-electron chi connectivity index (χ0n) is 15.5. The lowest BCUT2D eigenvalue weighted by Crippen LogP contribution is -2.56. The van der Waals surface area contributed by atoms with E-state index in [0.29, 0.717) is 5.56 Å². The summed E-state index contributed by atoms with van der Waals surface area (Å²) in [6, 6.07) is 19.2. The molecule has 2 aromatic carbocycles. The Hall–Kier alpha value is -4.29. The smallest absolute Gasteiger partial charge is 0.291 e. The molecule has 0 saturated carbocycles. The number of rotatable bonds is 3. The topological polar surface area (TPSA) is 135 Å². The maximum Gasteiger partial charge on any atom is 0.291 e. The molecule has 1 aliphatic rings. The van der Waals surface area contributed by atoms with E-state index in [-0.39, 0.29) is 27.8 Å². The van der Waals surface area contributed by atoms with Crippen molar-refractivity contribution in [2.75, 3.05) is 0 Å². The van der Waals surface area contributed by atoms with Gasteiger partial charge in [-0.25, -0.2) is 0 Å². The van der Waals surface area contributed by atoms with Crippen molar-refractivity contribution in [2.45, 2.75) is 0 Å². The van der Waals surface area contributed by atoms with Crippen LogP contribution in [0.5, 0.6) is 0 Å².